The van der Waals surface area contributed by atoms with Gasteiger partial charge in [0.2, 0.25) is 5.88 Å². The van der Waals surface area contributed by atoms with Crippen LogP contribution in [0.2, 0.25) is 10.0 Å². The minimum Gasteiger partial charge on any atom is -0.439 e. The Morgan fingerprint density at radius 3 is 2.26 bits per heavy atom. The van der Waals surface area contributed by atoms with E-state index >= 15 is 0 Å². The molecule has 19 heavy (non-hydrogen) atoms. The average molecular weight is 298 g/mol. The molecule has 0 radical (unpaired) electrons. The fraction of sp³-hybridized carbons (Fsp3) is 0.231. The third kappa shape index (κ3) is 3.72. The average Bonchev–Trinajstić information content (AvgIpc) is 2.26. The second kappa shape index (κ2) is 5.63. The van der Waals surface area contributed by atoms with E-state index in [1.54, 1.807) is 24.3 Å². The third-order valence-corrected chi connectivity index (χ3v) is 2.75. The molecular formula is C13H13Cl2N3O. The highest BCUT2D eigenvalue weighted by Gasteiger charge is 2.09. The first-order valence-electron chi connectivity index (χ1n) is 5.72. The molecule has 2 aromatic rings. The van der Waals surface area contributed by atoms with Crippen molar-refractivity contribution in [1.82, 2.24) is 9.97 Å². The summed E-state index contributed by atoms with van der Waals surface area (Å²) in [6, 6.07) is 6.49. The van der Waals surface area contributed by atoms with Crippen LogP contribution in [-0.4, -0.2) is 9.97 Å². The summed E-state index contributed by atoms with van der Waals surface area (Å²) in [5.74, 6) is 2.03. The maximum absolute atomic E-state index is 5.91. The molecule has 0 unspecified atom stereocenters. The number of ether oxygens (including phenoxy) is 1. The lowest BCUT2D eigenvalue weighted by Crippen LogP contribution is -2.03. The summed E-state index contributed by atoms with van der Waals surface area (Å²) < 4.78 is 5.61. The molecule has 0 aliphatic carbocycles. The van der Waals surface area contributed by atoms with E-state index < -0.39 is 0 Å². The van der Waals surface area contributed by atoms with E-state index in [1.807, 2.05) is 13.8 Å². The van der Waals surface area contributed by atoms with Crippen LogP contribution in [0.1, 0.15) is 25.6 Å². The molecule has 0 fully saturated rings. The number of nitrogens with zero attached hydrogens (tertiary/aromatic N) is 2. The summed E-state index contributed by atoms with van der Waals surface area (Å²) in [5, 5.41) is 0.988. The van der Waals surface area contributed by atoms with Crippen LogP contribution in [0.4, 0.5) is 5.82 Å². The van der Waals surface area contributed by atoms with Crippen LogP contribution in [0.5, 0.6) is 11.6 Å². The Morgan fingerprint density at radius 2 is 1.68 bits per heavy atom. The summed E-state index contributed by atoms with van der Waals surface area (Å²) in [4.78, 5) is 8.43. The van der Waals surface area contributed by atoms with Gasteiger partial charge in [0.25, 0.3) is 0 Å². The Labute approximate surface area is 121 Å². The molecule has 0 aliphatic rings. The van der Waals surface area contributed by atoms with E-state index in [-0.39, 0.29) is 5.92 Å². The summed E-state index contributed by atoms with van der Waals surface area (Å²) in [7, 11) is 0. The van der Waals surface area contributed by atoms with E-state index in [9.17, 15) is 0 Å². The first-order valence-corrected chi connectivity index (χ1v) is 6.48. The SMILES string of the molecule is CC(C)c1nc(N)cc(Oc2cc(Cl)cc(Cl)c2)n1. The Kier molecular flexibility index (Phi) is 4.12. The van der Waals surface area contributed by atoms with E-state index in [4.69, 9.17) is 33.7 Å². The second-order valence-electron chi connectivity index (χ2n) is 4.35. The molecule has 0 saturated heterocycles. The van der Waals surface area contributed by atoms with Crippen molar-refractivity contribution >= 4 is 29.0 Å². The van der Waals surface area contributed by atoms with Crippen molar-refractivity contribution in [3.8, 4) is 11.6 Å². The maximum atomic E-state index is 5.91. The minimum absolute atomic E-state index is 0.161. The molecule has 0 aliphatic heterocycles. The highest BCUT2D eigenvalue weighted by Crippen LogP contribution is 2.28. The predicted octanol–water partition coefficient (Wildman–Crippen LogP) is 4.28. The molecule has 0 atom stereocenters. The fourth-order valence-electron chi connectivity index (χ4n) is 1.48. The van der Waals surface area contributed by atoms with Crippen LogP contribution >= 0.6 is 23.2 Å². The van der Waals surface area contributed by atoms with E-state index in [0.29, 0.717) is 33.3 Å². The number of anilines is 1. The van der Waals surface area contributed by atoms with Gasteiger partial charge in [0.1, 0.15) is 17.4 Å². The molecule has 6 heteroatoms. The smallest absolute Gasteiger partial charge is 0.224 e. The number of rotatable bonds is 3. The standard InChI is InChI=1S/C13H13Cl2N3O/c1-7(2)13-17-11(16)6-12(18-13)19-10-4-8(14)3-9(15)5-10/h3-7H,1-2H3,(H2,16,17,18). The first kappa shape index (κ1) is 13.9. The van der Waals surface area contributed by atoms with Gasteiger partial charge in [-0.2, -0.15) is 4.98 Å². The lowest BCUT2D eigenvalue weighted by molar-refractivity contribution is 0.457. The summed E-state index contributed by atoms with van der Waals surface area (Å²) >= 11 is 11.8. The number of aromatic nitrogens is 2. The van der Waals surface area contributed by atoms with E-state index in [1.165, 1.54) is 0 Å². The van der Waals surface area contributed by atoms with Gasteiger partial charge in [0.15, 0.2) is 0 Å². The summed E-state index contributed by atoms with van der Waals surface area (Å²) in [6.07, 6.45) is 0. The van der Waals surface area contributed by atoms with Crippen molar-refractivity contribution in [3.05, 3.63) is 40.1 Å². The highest BCUT2D eigenvalue weighted by atomic mass is 35.5. The molecule has 0 amide bonds. The van der Waals surface area contributed by atoms with Gasteiger partial charge in [0, 0.05) is 22.0 Å². The van der Waals surface area contributed by atoms with E-state index in [0.717, 1.165) is 0 Å². The molecule has 2 N–H and O–H groups in total. The van der Waals surface area contributed by atoms with Crippen molar-refractivity contribution in [2.24, 2.45) is 0 Å². The van der Waals surface area contributed by atoms with Gasteiger partial charge in [-0.1, -0.05) is 37.0 Å². The third-order valence-electron chi connectivity index (χ3n) is 2.31. The lowest BCUT2D eigenvalue weighted by Gasteiger charge is -2.09. The monoisotopic (exact) mass is 297 g/mol. The van der Waals surface area contributed by atoms with Crippen LogP contribution in [0, 0.1) is 0 Å². The summed E-state index contributed by atoms with van der Waals surface area (Å²) in [5.41, 5.74) is 5.73. The number of hydrogen-bond acceptors (Lipinski definition) is 4. The number of nitrogens with two attached hydrogens (primary N) is 1. The topological polar surface area (TPSA) is 61.0 Å². The van der Waals surface area contributed by atoms with Gasteiger partial charge >= 0.3 is 0 Å². The maximum Gasteiger partial charge on any atom is 0.224 e. The van der Waals surface area contributed by atoms with Gasteiger partial charge in [0.05, 0.1) is 0 Å². The van der Waals surface area contributed by atoms with Gasteiger partial charge in [-0.3, -0.25) is 0 Å². The Balaban J connectivity index is 2.32. The van der Waals surface area contributed by atoms with E-state index in [2.05, 4.69) is 9.97 Å². The zero-order valence-electron chi connectivity index (χ0n) is 10.5. The summed E-state index contributed by atoms with van der Waals surface area (Å²) in [6.45, 7) is 3.96. The molecule has 100 valence electrons. The molecule has 4 nitrogen and oxygen atoms in total. The molecule has 1 aromatic heterocycles. The molecular weight excluding hydrogens is 285 g/mol. The van der Waals surface area contributed by atoms with Gasteiger partial charge in [-0.15, -0.1) is 0 Å². The van der Waals surface area contributed by atoms with Crippen LogP contribution in [0.15, 0.2) is 24.3 Å². The Bertz CT molecular complexity index is 582. The number of benzene rings is 1. The number of hydrogen-bond donors (Lipinski definition) is 1. The molecule has 0 spiro atoms. The zero-order valence-corrected chi connectivity index (χ0v) is 12.0. The Morgan fingerprint density at radius 1 is 1.05 bits per heavy atom. The van der Waals surface area contributed by atoms with Crippen molar-refractivity contribution in [2.75, 3.05) is 5.73 Å². The van der Waals surface area contributed by atoms with Gasteiger partial charge < -0.3 is 10.5 Å². The van der Waals surface area contributed by atoms with Crippen LogP contribution in [-0.2, 0) is 0 Å². The van der Waals surface area contributed by atoms with Crippen molar-refractivity contribution in [3.63, 3.8) is 0 Å². The van der Waals surface area contributed by atoms with Gasteiger partial charge in [-0.05, 0) is 18.2 Å². The van der Waals surface area contributed by atoms with Gasteiger partial charge in [-0.25, -0.2) is 4.98 Å². The molecule has 2 rings (SSSR count). The number of nitrogen functional groups attached to an aromatic ring is 1. The lowest BCUT2D eigenvalue weighted by atomic mass is 10.2. The quantitative estimate of drug-likeness (QED) is 0.918. The molecule has 1 heterocycles. The largest absolute Gasteiger partial charge is 0.439 e. The molecule has 0 bridgehead atoms. The van der Waals surface area contributed by atoms with Crippen molar-refractivity contribution in [2.45, 2.75) is 19.8 Å². The van der Waals surface area contributed by atoms with Crippen molar-refractivity contribution in [1.29, 1.82) is 0 Å². The fourth-order valence-corrected chi connectivity index (χ4v) is 1.99. The molecule has 0 saturated carbocycles. The van der Waals surface area contributed by atoms with Crippen LogP contribution < -0.4 is 10.5 Å². The Hall–Kier alpha value is -1.52. The molecule has 1 aromatic carbocycles. The predicted molar refractivity (Wildman–Crippen MR) is 77.1 cm³/mol. The van der Waals surface area contributed by atoms with Crippen LogP contribution in [0.3, 0.4) is 0 Å². The number of halogens is 2. The zero-order chi connectivity index (χ0) is 14.0. The minimum atomic E-state index is 0.161. The van der Waals surface area contributed by atoms with Crippen molar-refractivity contribution < 1.29 is 4.74 Å². The first-order chi connectivity index (χ1) is 8.94. The van der Waals surface area contributed by atoms with Crippen LogP contribution in [0.25, 0.3) is 0 Å². The second-order valence-corrected chi connectivity index (χ2v) is 5.22. The highest BCUT2D eigenvalue weighted by molar-refractivity contribution is 6.34. The normalized spacial score (nSPS) is 10.8.